The van der Waals surface area contributed by atoms with E-state index >= 15 is 0 Å². The summed E-state index contributed by atoms with van der Waals surface area (Å²) >= 11 is 0. The van der Waals surface area contributed by atoms with E-state index < -0.39 is 0 Å². The van der Waals surface area contributed by atoms with Crippen molar-refractivity contribution >= 4 is 5.91 Å². The van der Waals surface area contributed by atoms with Crippen LogP contribution in [0.15, 0.2) is 41.0 Å². The van der Waals surface area contributed by atoms with Gasteiger partial charge in [-0.2, -0.15) is 0 Å². The molecule has 27 heavy (non-hydrogen) atoms. The van der Waals surface area contributed by atoms with Gasteiger partial charge in [0.2, 0.25) is 11.8 Å². The molecule has 1 aliphatic heterocycles. The minimum atomic E-state index is -0.135. The van der Waals surface area contributed by atoms with Crippen LogP contribution in [0.1, 0.15) is 63.7 Å². The number of aromatic nitrogens is 1. The van der Waals surface area contributed by atoms with Crippen molar-refractivity contribution in [2.24, 2.45) is 5.92 Å². The van der Waals surface area contributed by atoms with E-state index in [1.165, 1.54) is 32.1 Å². The van der Waals surface area contributed by atoms with Crippen LogP contribution in [0.2, 0.25) is 0 Å². The normalized spacial score (nSPS) is 26.6. The fourth-order valence-corrected chi connectivity index (χ4v) is 4.51. The van der Waals surface area contributed by atoms with Crippen LogP contribution in [0.5, 0.6) is 0 Å². The SMILES string of the molecule is CC(=O)N[C@H]1C[C@@H](C2CCCCC2)O[C@@H](c2coc(-c3ccccc3)n2)C1. The Labute approximate surface area is 160 Å². The Morgan fingerprint density at radius 3 is 2.63 bits per heavy atom. The van der Waals surface area contributed by atoms with Gasteiger partial charge in [-0.25, -0.2) is 4.98 Å². The molecule has 0 bridgehead atoms. The Kier molecular flexibility index (Phi) is 5.58. The van der Waals surface area contributed by atoms with Gasteiger partial charge in [-0.3, -0.25) is 4.79 Å². The van der Waals surface area contributed by atoms with Gasteiger partial charge in [-0.05, 0) is 43.7 Å². The lowest BCUT2D eigenvalue weighted by molar-refractivity contribution is -0.124. The fraction of sp³-hybridized carbons (Fsp3) is 0.545. The summed E-state index contributed by atoms with van der Waals surface area (Å²) in [6, 6.07) is 10.0. The predicted octanol–water partition coefficient (Wildman–Crippen LogP) is 4.65. The van der Waals surface area contributed by atoms with Crippen molar-refractivity contribution in [1.29, 1.82) is 0 Å². The van der Waals surface area contributed by atoms with Gasteiger partial charge >= 0.3 is 0 Å². The summed E-state index contributed by atoms with van der Waals surface area (Å²) < 4.78 is 12.2. The molecule has 0 unspecified atom stereocenters. The highest BCUT2D eigenvalue weighted by atomic mass is 16.5. The second-order valence-electron chi connectivity index (χ2n) is 7.87. The molecule has 4 rings (SSSR count). The van der Waals surface area contributed by atoms with Gasteiger partial charge < -0.3 is 14.5 Å². The van der Waals surface area contributed by atoms with Crippen molar-refractivity contribution in [2.45, 2.75) is 70.1 Å². The van der Waals surface area contributed by atoms with E-state index in [1.54, 1.807) is 13.2 Å². The van der Waals surface area contributed by atoms with E-state index in [1.807, 2.05) is 30.3 Å². The number of amides is 1. The Bertz CT molecular complexity index is 752. The number of carbonyl (C=O) groups is 1. The van der Waals surface area contributed by atoms with E-state index in [9.17, 15) is 4.79 Å². The molecule has 0 spiro atoms. The molecule has 1 aromatic heterocycles. The van der Waals surface area contributed by atoms with Gasteiger partial charge in [0.25, 0.3) is 0 Å². The van der Waals surface area contributed by atoms with E-state index in [0.29, 0.717) is 11.8 Å². The highest BCUT2D eigenvalue weighted by molar-refractivity contribution is 5.73. The van der Waals surface area contributed by atoms with Crippen LogP contribution >= 0.6 is 0 Å². The highest BCUT2D eigenvalue weighted by Crippen LogP contribution is 2.39. The van der Waals surface area contributed by atoms with Crippen LogP contribution in [0.25, 0.3) is 11.5 Å². The van der Waals surface area contributed by atoms with Gasteiger partial charge in [0.15, 0.2) is 0 Å². The maximum absolute atomic E-state index is 11.6. The monoisotopic (exact) mass is 368 g/mol. The van der Waals surface area contributed by atoms with Crippen LogP contribution in [-0.2, 0) is 9.53 Å². The molecule has 144 valence electrons. The summed E-state index contributed by atoms with van der Waals surface area (Å²) in [6.45, 7) is 1.59. The molecule has 3 atom stereocenters. The zero-order valence-electron chi connectivity index (χ0n) is 15.9. The molecule has 5 nitrogen and oxygen atoms in total. The van der Waals surface area contributed by atoms with Crippen molar-refractivity contribution in [3.05, 3.63) is 42.3 Å². The third-order valence-corrected chi connectivity index (χ3v) is 5.81. The topological polar surface area (TPSA) is 64.4 Å². The number of benzene rings is 1. The number of carbonyl (C=O) groups excluding carboxylic acids is 1. The molecule has 2 aromatic rings. The minimum absolute atomic E-state index is 0.0215. The number of ether oxygens (including phenoxy) is 1. The van der Waals surface area contributed by atoms with E-state index in [0.717, 1.165) is 24.1 Å². The lowest BCUT2D eigenvalue weighted by atomic mass is 9.81. The van der Waals surface area contributed by atoms with E-state index in [4.69, 9.17) is 14.1 Å². The average Bonchev–Trinajstić information content (AvgIpc) is 3.19. The second-order valence-corrected chi connectivity index (χ2v) is 7.87. The quantitative estimate of drug-likeness (QED) is 0.853. The molecule has 1 aliphatic carbocycles. The predicted molar refractivity (Wildman–Crippen MR) is 103 cm³/mol. The van der Waals surface area contributed by atoms with Crippen molar-refractivity contribution in [2.75, 3.05) is 0 Å². The molecule has 1 saturated carbocycles. The largest absolute Gasteiger partial charge is 0.444 e. The second kappa shape index (κ2) is 8.26. The fourth-order valence-electron chi connectivity index (χ4n) is 4.51. The minimum Gasteiger partial charge on any atom is -0.444 e. The van der Waals surface area contributed by atoms with Crippen molar-refractivity contribution < 1.29 is 13.9 Å². The first kappa shape index (κ1) is 18.2. The van der Waals surface area contributed by atoms with Gasteiger partial charge in [0.05, 0.1) is 6.10 Å². The first-order valence-corrected chi connectivity index (χ1v) is 10.1. The molecule has 1 N–H and O–H groups in total. The molecule has 1 aromatic carbocycles. The zero-order valence-corrected chi connectivity index (χ0v) is 15.9. The molecule has 1 amide bonds. The van der Waals surface area contributed by atoms with Crippen LogP contribution in [0.4, 0.5) is 0 Å². The maximum atomic E-state index is 11.6. The van der Waals surface area contributed by atoms with Crippen LogP contribution in [0.3, 0.4) is 0 Å². The summed E-state index contributed by atoms with van der Waals surface area (Å²) in [6.07, 6.45) is 9.71. The van der Waals surface area contributed by atoms with Crippen molar-refractivity contribution in [3.63, 3.8) is 0 Å². The first-order valence-electron chi connectivity index (χ1n) is 10.1. The lowest BCUT2D eigenvalue weighted by Gasteiger charge is -2.40. The summed E-state index contributed by atoms with van der Waals surface area (Å²) in [5.41, 5.74) is 1.78. The van der Waals surface area contributed by atoms with Gasteiger partial charge in [0, 0.05) is 18.5 Å². The van der Waals surface area contributed by atoms with E-state index in [-0.39, 0.29) is 24.2 Å². The third-order valence-electron chi connectivity index (χ3n) is 5.81. The Morgan fingerprint density at radius 2 is 1.89 bits per heavy atom. The number of hydrogen-bond acceptors (Lipinski definition) is 4. The van der Waals surface area contributed by atoms with Crippen LogP contribution in [0, 0.1) is 5.92 Å². The Hall–Kier alpha value is -2.14. The molecular weight excluding hydrogens is 340 g/mol. The number of nitrogens with zero attached hydrogens (tertiary/aromatic N) is 1. The smallest absolute Gasteiger partial charge is 0.226 e. The maximum Gasteiger partial charge on any atom is 0.226 e. The summed E-state index contributed by atoms with van der Waals surface area (Å²) in [4.78, 5) is 16.3. The molecule has 0 radical (unpaired) electrons. The van der Waals surface area contributed by atoms with Gasteiger partial charge in [0.1, 0.15) is 18.1 Å². The number of nitrogens with one attached hydrogen (secondary N) is 1. The lowest BCUT2D eigenvalue weighted by Crippen LogP contribution is -2.44. The van der Waals surface area contributed by atoms with Gasteiger partial charge in [-0.1, -0.05) is 37.5 Å². The number of rotatable bonds is 4. The molecule has 2 heterocycles. The zero-order chi connectivity index (χ0) is 18.6. The summed E-state index contributed by atoms with van der Waals surface area (Å²) in [5, 5.41) is 3.11. The molecule has 5 heteroatoms. The summed E-state index contributed by atoms with van der Waals surface area (Å²) in [7, 11) is 0. The summed E-state index contributed by atoms with van der Waals surface area (Å²) in [5.74, 6) is 1.22. The number of oxazole rings is 1. The van der Waals surface area contributed by atoms with Gasteiger partial charge in [-0.15, -0.1) is 0 Å². The average molecular weight is 368 g/mol. The Balaban J connectivity index is 1.53. The Morgan fingerprint density at radius 1 is 1.11 bits per heavy atom. The van der Waals surface area contributed by atoms with Crippen LogP contribution in [-0.4, -0.2) is 23.0 Å². The highest BCUT2D eigenvalue weighted by Gasteiger charge is 2.36. The molecular formula is C22H28N2O3. The van der Waals surface area contributed by atoms with Crippen molar-refractivity contribution in [3.8, 4) is 11.5 Å². The molecule has 2 aliphatic rings. The van der Waals surface area contributed by atoms with E-state index in [2.05, 4.69) is 5.32 Å². The van der Waals surface area contributed by atoms with Crippen LogP contribution < -0.4 is 5.32 Å². The molecule has 1 saturated heterocycles. The number of hydrogen-bond donors (Lipinski definition) is 1. The third kappa shape index (κ3) is 4.41. The molecule has 2 fully saturated rings. The standard InChI is InChI=1S/C22H28N2O3/c1-15(25)23-18-12-20(16-8-4-2-5-9-16)27-21(13-18)19-14-26-22(24-19)17-10-6-3-7-11-17/h3,6-7,10-11,14,16,18,20-21H,2,4-5,8-9,12-13H2,1H3,(H,23,25)/t18-,20-,21+/m0/s1. The van der Waals surface area contributed by atoms with Crippen molar-refractivity contribution in [1.82, 2.24) is 10.3 Å². The first-order chi connectivity index (χ1) is 13.2.